The molecular formula is C28H37ClN4O2. The normalized spacial score (nSPS) is 23.6. The minimum absolute atomic E-state index is 0.113. The van der Waals surface area contributed by atoms with Crippen molar-refractivity contribution in [1.29, 1.82) is 0 Å². The van der Waals surface area contributed by atoms with Gasteiger partial charge in [-0.1, -0.05) is 68.3 Å². The number of hydrogen-bond acceptors (Lipinski definition) is 4. The van der Waals surface area contributed by atoms with E-state index in [1.165, 1.54) is 38.5 Å². The summed E-state index contributed by atoms with van der Waals surface area (Å²) in [5.74, 6) is 0.709. The molecule has 7 heteroatoms. The fraction of sp³-hybridized carbons (Fsp3) is 0.536. The van der Waals surface area contributed by atoms with Crippen molar-refractivity contribution >= 4 is 29.2 Å². The molecule has 188 valence electrons. The van der Waals surface area contributed by atoms with E-state index in [0.29, 0.717) is 42.1 Å². The van der Waals surface area contributed by atoms with Crippen molar-refractivity contribution in [3.8, 4) is 0 Å². The maximum atomic E-state index is 13.6. The van der Waals surface area contributed by atoms with Crippen molar-refractivity contribution in [2.45, 2.75) is 64.3 Å². The number of nitrogens with one attached hydrogen (secondary N) is 1. The topological polar surface area (TPSA) is 111 Å². The fourth-order valence-electron chi connectivity index (χ4n) is 6.32. The van der Waals surface area contributed by atoms with Crippen LogP contribution in [0.25, 0.3) is 0 Å². The predicted molar refractivity (Wildman–Crippen MR) is 139 cm³/mol. The van der Waals surface area contributed by atoms with Gasteiger partial charge in [-0.05, 0) is 66.3 Å². The molecule has 1 heterocycles. The van der Waals surface area contributed by atoms with Crippen LogP contribution in [-0.4, -0.2) is 16.8 Å². The number of primary amides is 1. The summed E-state index contributed by atoms with van der Waals surface area (Å²) >= 11 is 6.06. The van der Waals surface area contributed by atoms with Gasteiger partial charge in [-0.3, -0.25) is 9.59 Å². The van der Waals surface area contributed by atoms with Crippen LogP contribution in [0, 0.1) is 29.6 Å². The van der Waals surface area contributed by atoms with Crippen molar-refractivity contribution in [2.24, 2.45) is 35.3 Å². The largest absolute Gasteiger partial charge is 0.384 e. The smallest absolute Gasteiger partial charge is 0.224 e. The summed E-state index contributed by atoms with van der Waals surface area (Å²) < 4.78 is 0. The van der Waals surface area contributed by atoms with Gasteiger partial charge in [0.05, 0.1) is 11.8 Å². The molecule has 0 spiro atoms. The van der Waals surface area contributed by atoms with Gasteiger partial charge in [-0.25, -0.2) is 4.98 Å². The molecule has 0 aliphatic heterocycles. The van der Waals surface area contributed by atoms with Crippen LogP contribution in [0.5, 0.6) is 0 Å². The molecule has 0 radical (unpaired) electrons. The summed E-state index contributed by atoms with van der Waals surface area (Å²) in [4.78, 5) is 30.5. The number of anilines is 1. The summed E-state index contributed by atoms with van der Waals surface area (Å²) in [6.45, 7) is 0.339. The monoisotopic (exact) mass is 496 g/mol. The SMILES string of the molecule is NC(=O)C(Cc1ccc(Cl)cc1)[C@H](CC1CCCC2CCCCC21)C(=O)NCc1ccc(N)nc1. The molecule has 2 aliphatic carbocycles. The summed E-state index contributed by atoms with van der Waals surface area (Å²) in [5.41, 5.74) is 13.5. The molecule has 1 aromatic carbocycles. The van der Waals surface area contributed by atoms with Crippen LogP contribution >= 0.6 is 11.6 Å². The molecule has 1 aromatic heterocycles. The van der Waals surface area contributed by atoms with Crippen LogP contribution in [-0.2, 0) is 22.6 Å². The van der Waals surface area contributed by atoms with Crippen molar-refractivity contribution in [2.75, 3.05) is 5.73 Å². The van der Waals surface area contributed by atoms with Gasteiger partial charge in [0.15, 0.2) is 0 Å². The third-order valence-electron chi connectivity index (χ3n) is 8.15. The maximum absolute atomic E-state index is 13.6. The molecule has 5 atom stereocenters. The van der Waals surface area contributed by atoms with Gasteiger partial charge in [-0.15, -0.1) is 0 Å². The van der Waals surface area contributed by atoms with E-state index in [2.05, 4.69) is 10.3 Å². The Morgan fingerprint density at radius 1 is 0.971 bits per heavy atom. The van der Waals surface area contributed by atoms with Crippen molar-refractivity contribution in [3.63, 3.8) is 0 Å². The quantitative estimate of drug-likeness (QED) is 0.458. The molecular weight excluding hydrogens is 460 g/mol. The van der Waals surface area contributed by atoms with Gasteiger partial charge >= 0.3 is 0 Å². The second-order valence-corrected chi connectivity index (χ2v) is 10.8. The number of hydrogen-bond donors (Lipinski definition) is 3. The Balaban J connectivity index is 1.54. The summed E-state index contributed by atoms with van der Waals surface area (Å²) in [7, 11) is 0. The van der Waals surface area contributed by atoms with Crippen LogP contribution < -0.4 is 16.8 Å². The summed E-state index contributed by atoms with van der Waals surface area (Å²) in [5, 5.41) is 3.70. The Bertz CT molecular complexity index is 993. The number of amides is 2. The average molecular weight is 497 g/mol. The highest BCUT2D eigenvalue weighted by molar-refractivity contribution is 6.30. The minimum atomic E-state index is -0.579. The lowest BCUT2D eigenvalue weighted by Crippen LogP contribution is -2.43. The Morgan fingerprint density at radius 2 is 1.69 bits per heavy atom. The second-order valence-electron chi connectivity index (χ2n) is 10.4. The Labute approximate surface area is 213 Å². The van der Waals surface area contributed by atoms with E-state index in [0.717, 1.165) is 23.5 Å². The third kappa shape index (κ3) is 6.75. The first-order valence-electron chi connectivity index (χ1n) is 12.9. The van der Waals surface area contributed by atoms with Crippen LogP contribution in [0.1, 0.15) is 62.5 Å². The second kappa shape index (κ2) is 11.9. The van der Waals surface area contributed by atoms with E-state index < -0.39 is 17.7 Å². The van der Waals surface area contributed by atoms with Crippen molar-refractivity contribution in [1.82, 2.24) is 10.3 Å². The number of nitrogens with zero attached hydrogens (tertiary/aromatic N) is 1. The molecule has 2 fully saturated rings. The van der Waals surface area contributed by atoms with Crippen LogP contribution in [0.4, 0.5) is 5.82 Å². The van der Waals surface area contributed by atoms with Gasteiger partial charge in [-0.2, -0.15) is 0 Å². The standard InChI is InChI=1S/C28H37ClN4O2/c29-22-11-8-18(9-12-22)14-24(27(31)34)25(28(35)33-17-19-10-13-26(30)32-16-19)15-21-6-3-5-20-4-1-2-7-23(20)21/h8-13,16,20-21,23-25H,1-7,14-15,17H2,(H2,30,32)(H2,31,34)(H,33,35)/t20?,21?,23?,24?,25-/m0/s1. The lowest BCUT2D eigenvalue weighted by Gasteiger charge is -2.43. The first kappa shape index (κ1) is 25.5. The number of benzene rings is 1. The van der Waals surface area contributed by atoms with Crippen LogP contribution in [0.3, 0.4) is 0 Å². The Morgan fingerprint density at radius 3 is 2.40 bits per heavy atom. The first-order chi connectivity index (χ1) is 16.9. The lowest BCUT2D eigenvalue weighted by atomic mass is 9.62. The maximum Gasteiger partial charge on any atom is 0.224 e. The van der Waals surface area contributed by atoms with E-state index in [1.54, 1.807) is 12.3 Å². The first-order valence-corrected chi connectivity index (χ1v) is 13.3. The van der Waals surface area contributed by atoms with Gasteiger partial charge in [0.25, 0.3) is 0 Å². The molecule has 0 saturated heterocycles. The molecule has 0 bridgehead atoms. The number of halogens is 1. The molecule has 2 aromatic rings. The van der Waals surface area contributed by atoms with E-state index in [-0.39, 0.29) is 5.91 Å². The highest BCUT2D eigenvalue weighted by Gasteiger charge is 2.40. The van der Waals surface area contributed by atoms with Gasteiger partial charge in [0, 0.05) is 17.8 Å². The zero-order valence-corrected chi connectivity index (χ0v) is 21.1. The molecule has 2 amide bonds. The fourth-order valence-corrected chi connectivity index (χ4v) is 6.45. The number of nitrogen functional groups attached to an aromatic ring is 1. The molecule has 6 nitrogen and oxygen atoms in total. The highest BCUT2D eigenvalue weighted by atomic mass is 35.5. The van der Waals surface area contributed by atoms with E-state index in [4.69, 9.17) is 23.1 Å². The number of carbonyl (C=O) groups is 2. The van der Waals surface area contributed by atoms with Crippen molar-refractivity contribution in [3.05, 3.63) is 58.7 Å². The number of carbonyl (C=O) groups excluding carboxylic acids is 2. The number of nitrogens with two attached hydrogens (primary N) is 2. The van der Waals surface area contributed by atoms with Gasteiger partial charge in [0.2, 0.25) is 11.8 Å². The number of rotatable bonds is 9. The molecule has 35 heavy (non-hydrogen) atoms. The Hall–Kier alpha value is -2.60. The number of aromatic nitrogens is 1. The van der Waals surface area contributed by atoms with E-state index in [1.807, 2.05) is 30.3 Å². The zero-order chi connectivity index (χ0) is 24.8. The van der Waals surface area contributed by atoms with Gasteiger partial charge < -0.3 is 16.8 Å². The van der Waals surface area contributed by atoms with Crippen molar-refractivity contribution < 1.29 is 9.59 Å². The number of fused-ring (bicyclic) bond motifs is 1. The average Bonchev–Trinajstić information content (AvgIpc) is 2.86. The minimum Gasteiger partial charge on any atom is -0.384 e. The van der Waals surface area contributed by atoms with Crippen LogP contribution in [0.15, 0.2) is 42.6 Å². The number of pyridine rings is 1. The zero-order valence-electron chi connectivity index (χ0n) is 20.3. The molecule has 2 aliphatic rings. The molecule has 2 saturated carbocycles. The Kier molecular flexibility index (Phi) is 8.66. The molecule has 4 rings (SSSR count). The highest BCUT2D eigenvalue weighted by Crippen LogP contribution is 2.46. The summed E-state index contributed by atoms with van der Waals surface area (Å²) in [6, 6.07) is 11.0. The van der Waals surface area contributed by atoms with Crippen LogP contribution in [0.2, 0.25) is 5.02 Å². The lowest BCUT2D eigenvalue weighted by molar-refractivity contribution is -0.134. The third-order valence-corrected chi connectivity index (χ3v) is 8.40. The van der Waals surface area contributed by atoms with E-state index in [9.17, 15) is 9.59 Å². The summed E-state index contributed by atoms with van der Waals surface area (Å²) in [6.07, 6.45) is 11.5. The molecule has 5 N–H and O–H groups in total. The molecule has 4 unspecified atom stereocenters. The van der Waals surface area contributed by atoms with Gasteiger partial charge in [0.1, 0.15) is 5.82 Å². The predicted octanol–water partition coefficient (Wildman–Crippen LogP) is 4.89. The van der Waals surface area contributed by atoms with E-state index >= 15 is 0 Å².